The van der Waals surface area contributed by atoms with Gasteiger partial charge in [0, 0.05) is 5.02 Å². The van der Waals surface area contributed by atoms with Crippen molar-refractivity contribution in [2.24, 2.45) is 0 Å². The largest absolute Gasteiger partial charge is 0.479 e. The Morgan fingerprint density at radius 1 is 1.50 bits per heavy atom. The van der Waals surface area contributed by atoms with E-state index < -0.39 is 12.1 Å². The second-order valence-electron chi connectivity index (χ2n) is 3.02. The molecule has 0 aliphatic rings. The first-order valence-electron chi connectivity index (χ1n) is 4.25. The minimum absolute atomic E-state index is 0.204. The molecule has 0 radical (unpaired) electrons. The summed E-state index contributed by atoms with van der Waals surface area (Å²) in [6.07, 6.45) is -0.585. The molecule has 3 nitrogen and oxygen atoms in total. The first-order chi connectivity index (χ1) is 6.59. The molecule has 0 heterocycles. The molecule has 2 N–H and O–H groups in total. The second-order valence-corrected chi connectivity index (χ2v) is 3.46. The molecule has 1 aromatic rings. The van der Waals surface area contributed by atoms with Crippen LogP contribution in [0.25, 0.3) is 0 Å². The number of carboxylic acid groups (broad SMARTS) is 1. The fraction of sp³-hybridized carbons (Fsp3) is 0.300. The number of aryl methyl sites for hydroxylation is 1. The molecular formula is C10H11ClO3. The number of aliphatic hydroxyl groups is 1. The number of aliphatic carboxylic acids is 1. The average molecular weight is 215 g/mol. The smallest absolute Gasteiger partial charge is 0.332 e. The highest BCUT2D eigenvalue weighted by molar-refractivity contribution is 6.30. The van der Waals surface area contributed by atoms with Crippen LogP contribution in [0.15, 0.2) is 24.3 Å². The van der Waals surface area contributed by atoms with Crippen LogP contribution in [0.3, 0.4) is 0 Å². The van der Waals surface area contributed by atoms with E-state index in [2.05, 4.69) is 0 Å². The molecule has 4 heteroatoms. The predicted octanol–water partition coefficient (Wildman–Crippen LogP) is 1.72. The van der Waals surface area contributed by atoms with E-state index in [9.17, 15) is 4.79 Å². The van der Waals surface area contributed by atoms with Crippen LogP contribution in [0.1, 0.15) is 12.0 Å². The van der Waals surface area contributed by atoms with Gasteiger partial charge in [-0.1, -0.05) is 23.7 Å². The molecule has 1 atom stereocenters. The van der Waals surface area contributed by atoms with Crippen LogP contribution in [0.5, 0.6) is 0 Å². The highest BCUT2D eigenvalue weighted by atomic mass is 35.5. The number of aliphatic hydroxyl groups excluding tert-OH is 1. The quantitative estimate of drug-likeness (QED) is 0.803. The molecule has 0 saturated carbocycles. The zero-order valence-electron chi connectivity index (χ0n) is 7.48. The third-order valence-corrected chi connectivity index (χ3v) is 2.12. The molecule has 0 unspecified atom stereocenters. The maximum absolute atomic E-state index is 10.3. The van der Waals surface area contributed by atoms with Crippen molar-refractivity contribution < 1.29 is 15.0 Å². The molecule has 76 valence electrons. The number of hydrogen-bond donors (Lipinski definition) is 2. The number of carboxylic acids is 1. The van der Waals surface area contributed by atoms with Crippen molar-refractivity contribution in [1.82, 2.24) is 0 Å². The fourth-order valence-electron chi connectivity index (χ4n) is 1.12. The van der Waals surface area contributed by atoms with E-state index in [1.807, 2.05) is 6.07 Å². The number of benzene rings is 1. The zero-order valence-corrected chi connectivity index (χ0v) is 8.24. The van der Waals surface area contributed by atoms with Crippen LogP contribution in [-0.4, -0.2) is 22.3 Å². The highest BCUT2D eigenvalue weighted by Gasteiger charge is 2.12. The molecule has 0 aromatic heterocycles. The maximum Gasteiger partial charge on any atom is 0.332 e. The van der Waals surface area contributed by atoms with Crippen LogP contribution in [0.4, 0.5) is 0 Å². The van der Waals surface area contributed by atoms with Gasteiger partial charge in [-0.05, 0) is 30.5 Å². The Bertz CT molecular complexity index is 325. The van der Waals surface area contributed by atoms with Gasteiger partial charge in [0.05, 0.1) is 0 Å². The van der Waals surface area contributed by atoms with Crippen molar-refractivity contribution >= 4 is 17.6 Å². The lowest BCUT2D eigenvalue weighted by atomic mass is 10.1. The molecule has 1 rings (SSSR count). The lowest BCUT2D eigenvalue weighted by Crippen LogP contribution is -2.19. The summed E-state index contributed by atoms with van der Waals surface area (Å²) in [5.41, 5.74) is 0.929. The average Bonchev–Trinajstić information content (AvgIpc) is 2.14. The third kappa shape index (κ3) is 3.36. The Labute approximate surface area is 86.9 Å². The van der Waals surface area contributed by atoms with Crippen molar-refractivity contribution in [1.29, 1.82) is 0 Å². The van der Waals surface area contributed by atoms with Crippen LogP contribution in [0, 0.1) is 0 Å². The van der Waals surface area contributed by atoms with Gasteiger partial charge >= 0.3 is 5.97 Å². The summed E-state index contributed by atoms with van der Waals surface area (Å²) in [4.78, 5) is 10.3. The SMILES string of the molecule is O=C(O)[C@@H](O)CCc1cccc(Cl)c1. The van der Waals surface area contributed by atoms with Crippen LogP contribution < -0.4 is 0 Å². The Balaban J connectivity index is 2.49. The second kappa shape index (κ2) is 4.98. The van der Waals surface area contributed by atoms with Crippen molar-refractivity contribution in [2.75, 3.05) is 0 Å². The van der Waals surface area contributed by atoms with Crippen molar-refractivity contribution in [3.63, 3.8) is 0 Å². The Morgan fingerprint density at radius 3 is 2.79 bits per heavy atom. The summed E-state index contributed by atoms with van der Waals surface area (Å²) in [5, 5.41) is 18.1. The van der Waals surface area contributed by atoms with Crippen LogP contribution >= 0.6 is 11.6 Å². The summed E-state index contributed by atoms with van der Waals surface area (Å²) in [6, 6.07) is 7.15. The number of halogens is 1. The van der Waals surface area contributed by atoms with Gasteiger partial charge in [0.15, 0.2) is 6.10 Å². The minimum atomic E-state index is -1.30. The Hall–Kier alpha value is -1.06. The number of rotatable bonds is 4. The van der Waals surface area contributed by atoms with Crippen molar-refractivity contribution in [3.8, 4) is 0 Å². The highest BCUT2D eigenvalue weighted by Crippen LogP contribution is 2.12. The molecule has 0 saturated heterocycles. The van der Waals surface area contributed by atoms with Gasteiger partial charge in [0.2, 0.25) is 0 Å². The molecule has 0 fully saturated rings. The lowest BCUT2D eigenvalue weighted by molar-refractivity contribution is -0.146. The van der Waals surface area contributed by atoms with Gasteiger partial charge < -0.3 is 10.2 Å². The van der Waals surface area contributed by atoms with Crippen LogP contribution in [0.2, 0.25) is 5.02 Å². The molecule has 0 bridgehead atoms. The summed E-state index contributed by atoms with van der Waals surface area (Å²) < 4.78 is 0. The van der Waals surface area contributed by atoms with Gasteiger partial charge in [0.1, 0.15) is 0 Å². The Kier molecular flexibility index (Phi) is 3.92. The zero-order chi connectivity index (χ0) is 10.6. The van der Waals surface area contributed by atoms with Gasteiger partial charge in [-0.2, -0.15) is 0 Å². The summed E-state index contributed by atoms with van der Waals surface area (Å²) in [6.45, 7) is 0. The topological polar surface area (TPSA) is 57.5 Å². The molecule has 0 spiro atoms. The van der Waals surface area contributed by atoms with E-state index in [1.54, 1.807) is 18.2 Å². The number of hydrogen-bond acceptors (Lipinski definition) is 2. The molecule has 1 aromatic carbocycles. The third-order valence-electron chi connectivity index (χ3n) is 1.88. The van der Waals surface area contributed by atoms with Gasteiger partial charge in [-0.3, -0.25) is 0 Å². The summed E-state index contributed by atoms with van der Waals surface area (Å²) >= 11 is 5.74. The summed E-state index contributed by atoms with van der Waals surface area (Å²) in [5.74, 6) is -1.19. The van der Waals surface area contributed by atoms with Crippen LogP contribution in [-0.2, 0) is 11.2 Å². The normalized spacial score (nSPS) is 12.4. The van der Waals surface area contributed by atoms with Gasteiger partial charge in [-0.25, -0.2) is 4.79 Å². The van der Waals surface area contributed by atoms with E-state index in [0.29, 0.717) is 11.4 Å². The van der Waals surface area contributed by atoms with E-state index in [-0.39, 0.29) is 6.42 Å². The minimum Gasteiger partial charge on any atom is -0.479 e. The van der Waals surface area contributed by atoms with E-state index in [1.165, 1.54) is 0 Å². The van der Waals surface area contributed by atoms with E-state index >= 15 is 0 Å². The first-order valence-corrected chi connectivity index (χ1v) is 4.62. The molecule has 0 aliphatic carbocycles. The standard InChI is InChI=1S/C10H11ClO3/c11-8-3-1-2-7(6-8)4-5-9(12)10(13)14/h1-3,6,9,12H,4-5H2,(H,13,14)/t9-/m0/s1. The monoisotopic (exact) mass is 214 g/mol. The van der Waals surface area contributed by atoms with E-state index in [0.717, 1.165) is 5.56 Å². The van der Waals surface area contributed by atoms with Gasteiger partial charge in [-0.15, -0.1) is 0 Å². The Morgan fingerprint density at radius 2 is 2.21 bits per heavy atom. The lowest BCUT2D eigenvalue weighted by Gasteiger charge is -2.05. The van der Waals surface area contributed by atoms with E-state index in [4.69, 9.17) is 21.8 Å². The van der Waals surface area contributed by atoms with Crippen molar-refractivity contribution in [3.05, 3.63) is 34.9 Å². The molecule has 14 heavy (non-hydrogen) atoms. The molecular weight excluding hydrogens is 204 g/mol. The first kappa shape index (κ1) is 11.0. The molecule has 0 amide bonds. The number of carbonyl (C=O) groups is 1. The summed E-state index contributed by atoms with van der Waals surface area (Å²) in [7, 11) is 0. The predicted molar refractivity (Wildman–Crippen MR) is 53.4 cm³/mol. The molecule has 0 aliphatic heterocycles. The fourth-order valence-corrected chi connectivity index (χ4v) is 1.33. The van der Waals surface area contributed by atoms with Crippen molar-refractivity contribution in [2.45, 2.75) is 18.9 Å². The maximum atomic E-state index is 10.3. The van der Waals surface area contributed by atoms with Gasteiger partial charge in [0.25, 0.3) is 0 Å².